The fourth-order valence-electron chi connectivity index (χ4n) is 4.10. The Balaban J connectivity index is 1.80. The van der Waals surface area contributed by atoms with E-state index in [0.29, 0.717) is 28.4 Å². The zero-order chi connectivity index (χ0) is 23.4. The van der Waals surface area contributed by atoms with E-state index >= 15 is 0 Å². The molecule has 0 saturated heterocycles. The second-order valence-electron chi connectivity index (χ2n) is 7.89. The first kappa shape index (κ1) is 23.0. The quantitative estimate of drug-likeness (QED) is 0.510. The van der Waals surface area contributed by atoms with Crippen LogP contribution in [0.1, 0.15) is 56.4 Å². The number of carbonyl (C=O) groups is 2. The predicted octanol–water partition coefficient (Wildman–Crippen LogP) is 4.54. The molecule has 33 heavy (non-hydrogen) atoms. The monoisotopic (exact) mass is 469 g/mol. The molecule has 0 aliphatic heterocycles. The third-order valence-electron chi connectivity index (χ3n) is 5.73. The molecule has 2 heterocycles. The van der Waals surface area contributed by atoms with Gasteiger partial charge in [-0.25, -0.2) is 4.79 Å². The summed E-state index contributed by atoms with van der Waals surface area (Å²) in [5.74, 6) is -0.0994. The Kier molecular flexibility index (Phi) is 7.08. The lowest BCUT2D eigenvalue weighted by molar-refractivity contribution is -0.120. The molecule has 8 nitrogen and oxygen atoms in total. The van der Waals surface area contributed by atoms with Gasteiger partial charge in [-0.3, -0.25) is 9.59 Å². The second-order valence-corrected chi connectivity index (χ2v) is 8.77. The molecule has 1 aliphatic rings. The molecule has 1 N–H and O–H groups in total. The number of fused-ring (bicyclic) bond motifs is 1. The van der Waals surface area contributed by atoms with Crippen LogP contribution in [0.25, 0.3) is 16.5 Å². The Morgan fingerprint density at radius 1 is 1.12 bits per heavy atom. The molecular formula is C24H27N3O5S. The maximum Gasteiger partial charge on any atom is 0.359 e. The van der Waals surface area contributed by atoms with Crippen molar-refractivity contribution in [3.8, 4) is 11.4 Å². The van der Waals surface area contributed by atoms with E-state index in [0.717, 1.165) is 32.1 Å². The number of esters is 1. The molecule has 0 spiro atoms. The Bertz CT molecular complexity index is 1210. The topological polar surface area (TPSA) is 99.5 Å². The van der Waals surface area contributed by atoms with Crippen molar-refractivity contribution < 1.29 is 19.1 Å². The highest BCUT2D eigenvalue weighted by Crippen LogP contribution is 2.32. The maximum absolute atomic E-state index is 13.5. The molecule has 3 aromatic rings. The van der Waals surface area contributed by atoms with Gasteiger partial charge in [0.2, 0.25) is 5.91 Å². The number of aromatic nitrogens is 2. The summed E-state index contributed by atoms with van der Waals surface area (Å²) in [6, 6.07) is 6.88. The van der Waals surface area contributed by atoms with Crippen LogP contribution in [0.3, 0.4) is 0 Å². The van der Waals surface area contributed by atoms with Crippen LogP contribution in [-0.4, -0.2) is 34.9 Å². The number of rotatable bonds is 7. The number of carbonyl (C=O) groups excluding carboxylic acids is 2. The van der Waals surface area contributed by atoms with Gasteiger partial charge in [0.25, 0.3) is 5.56 Å². The molecule has 0 unspecified atom stereocenters. The van der Waals surface area contributed by atoms with E-state index in [1.54, 1.807) is 36.6 Å². The number of amides is 1. The van der Waals surface area contributed by atoms with E-state index in [2.05, 4.69) is 10.4 Å². The smallest absolute Gasteiger partial charge is 0.359 e. The van der Waals surface area contributed by atoms with Gasteiger partial charge in [-0.05, 0) is 51.0 Å². The molecule has 174 valence electrons. The van der Waals surface area contributed by atoms with Gasteiger partial charge in [0.15, 0.2) is 5.69 Å². The zero-order valence-corrected chi connectivity index (χ0v) is 19.6. The fraction of sp³-hybridized carbons (Fsp3) is 0.417. The number of benzene rings is 1. The molecule has 1 aromatic carbocycles. The number of nitrogens with zero attached hydrogens (tertiary/aromatic N) is 2. The standard InChI is InChI=1S/C24H27N3O5S/c1-3-31-17-12-10-16(11-13-17)27-23(29)19-18(20(26-27)24(30)32-4-2)14-33-22(19)25-21(28)15-8-6-5-7-9-15/h10-15H,3-9H2,1-2H3,(H,25,28). The van der Waals surface area contributed by atoms with Crippen molar-refractivity contribution in [2.75, 3.05) is 18.5 Å². The lowest BCUT2D eigenvalue weighted by Crippen LogP contribution is -2.27. The number of anilines is 1. The zero-order valence-electron chi connectivity index (χ0n) is 18.8. The lowest BCUT2D eigenvalue weighted by Gasteiger charge is -2.20. The minimum absolute atomic E-state index is 0.0368. The summed E-state index contributed by atoms with van der Waals surface area (Å²) in [5, 5.41) is 10.0. The molecule has 4 rings (SSSR count). The Labute approximate surface area is 195 Å². The predicted molar refractivity (Wildman–Crippen MR) is 128 cm³/mol. The van der Waals surface area contributed by atoms with Gasteiger partial charge < -0.3 is 14.8 Å². The summed E-state index contributed by atoms with van der Waals surface area (Å²) >= 11 is 1.22. The van der Waals surface area contributed by atoms with Crippen LogP contribution in [0.4, 0.5) is 5.00 Å². The number of thiophene rings is 1. The third kappa shape index (κ3) is 4.78. The van der Waals surface area contributed by atoms with Gasteiger partial charge in [0.05, 0.1) is 24.3 Å². The van der Waals surface area contributed by atoms with Crippen LogP contribution < -0.4 is 15.6 Å². The minimum Gasteiger partial charge on any atom is -0.494 e. The largest absolute Gasteiger partial charge is 0.494 e. The van der Waals surface area contributed by atoms with Crippen LogP contribution >= 0.6 is 11.3 Å². The molecular weight excluding hydrogens is 442 g/mol. The van der Waals surface area contributed by atoms with Crippen LogP contribution in [-0.2, 0) is 9.53 Å². The van der Waals surface area contributed by atoms with Crippen LogP contribution in [0.2, 0.25) is 0 Å². The van der Waals surface area contributed by atoms with Gasteiger partial charge in [0.1, 0.15) is 10.8 Å². The molecule has 1 fully saturated rings. The first-order valence-corrected chi connectivity index (χ1v) is 12.2. The number of nitrogens with one attached hydrogen (secondary N) is 1. The SMILES string of the molecule is CCOC(=O)c1nn(-c2ccc(OCC)cc2)c(=O)c2c(NC(=O)C3CCCCC3)scc12. The van der Waals surface area contributed by atoms with Crippen LogP contribution in [0, 0.1) is 5.92 Å². The van der Waals surface area contributed by atoms with Crippen molar-refractivity contribution in [3.05, 3.63) is 45.7 Å². The highest BCUT2D eigenvalue weighted by atomic mass is 32.1. The summed E-state index contributed by atoms with van der Waals surface area (Å²) in [5.41, 5.74) is 0.101. The molecule has 0 atom stereocenters. The molecule has 1 saturated carbocycles. The van der Waals surface area contributed by atoms with E-state index in [4.69, 9.17) is 9.47 Å². The summed E-state index contributed by atoms with van der Waals surface area (Å²) in [6.45, 7) is 4.30. The molecule has 0 radical (unpaired) electrons. The molecule has 1 aliphatic carbocycles. The second kappa shape index (κ2) is 10.2. The number of hydrogen-bond acceptors (Lipinski definition) is 7. The highest BCUT2D eigenvalue weighted by molar-refractivity contribution is 7.16. The summed E-state index contributed by atoms with van der Waals surface area (Å²) in [6.07, 6.45) is 4.91. The van der Waals surface area contributed by atoms with Crippen molar-refractivity contribution in [1.82, 2.24) is 9.78 Å². The van der Waals surface area contributed by atoms with Gasteiger partial charge in [-0.2, -0.15) is 9.78 Å². The Hall–Kier alpha value is -3.20. The minimum atomic E-state index is -0.620. The maximum atomic E-state index is 13.5. The Morgan fingerprint density at radius 2 is 1.85 bits per heavy atom. The van der Waals surface area contributed by atoms with Crippen molar-refractivity contribution in [3.63, 3.8) is 0 Å². The summed E-state index contributed by atoms with van der Waals surface area (Å²) in [4.78, 5) is 39.0. The Morgan fingerprint density at radius 3 is 2.52 bits per heavy atom. The highest BCUT2D eigenvalue weighted by Gasteiger charge is 2.26. The van der Waals surface area contributed by atoms with Crippen molar-refractivity contribution in [1.29, 1.82) is 0 Å². The van der Waals surface area contributed by atoms with Gasteiger partial charge in [-0.1, -0.05) is 19.3 Å². The van der Waals surface area contributed by atoms with Gasteiger partial charge in [0, 0.05) is 16.7 Å². The lowest BCUT2D eigenvalue weighted by atomic mass is 9.89. The third-order valence-corrected chi connectivity index (χ3v) is 6.62. The van der Waals surface area contributed by atoms with E-state index in [1.165, 1.54) is 16.0 Å². The molecule has 9 heteroatoms. The van der Waals surface area contributed by atoms with E-state index < -0.39 is 11.5 Å². The van der Waals surface area contributed by atoms with Crippen molar-refractivity contribution >= 4 is 39.0 Å². The van der Waals surface area contributed by atoms with E-state index in [-0.39, 0.29) is 29.5 Å². The first-order valence-electron chi connectivity index (χ1n) is 11.3. The molecule has 1 amide bonds. The summed E-state index contributed by atoms with van der Waals surface area (Å²) in [7, 11) is 0. The van der Waals surface area contributed by atoms with E-state index in [9.17, 15) is 14.4 Å². The van der Waals surface area contributed by atoms with Crippen LogP contribution in [0.15, 0.2) is 34.4 Å². The first-order chi connectivity index (χ1) is 16.0. The van der Waals surface area contributed by atoms with Crippen molar-refractivity contribution in [2.45, 2.75) is 46.0 Å². The summed E-state index contributed by atoms with van der Waals surface area (Å²) < 4.78 is 11.8. The molecule has 0 bridgehead atoms. The molecule has 2 aromatic heterocycles. The number of ether oxygens (including phenoxy) is 2. The van der Waals surface area contributed by atoms with Crippen molar-refractivity contribution in [2.24, 2.45) is 5.92 Å². The average molecular weight is 470 g/mol. The van der Waals surface area contributed by atoms with E-state index in [1.807, 2.05) is 6.92 Å². The van der Waals surface area contributed by atoms with Gasteiger partial charge >= 0.3 is 5.97 Å². The average Bonchev–Trinajstić information content (AvgIpc) is 3.25. The van der Waals surface area contributed by atoms with Crippen LogP contribution in [0.5, 0.6) is 5.75 Å². The normalized spacial score (nSPS) is 14.2. The number of hydrogen-bond donors (Lipinski definition) is 1. The fourth-order valence-corrected chi connectivity index (χ4v) is 5.04. The van der Waals surface area contributed by atoms with Gasteiger partial charge in [-0.15, -0.1) is 11.3 Å².